The lowest BCUT2D eigenvalue weighted by Gasteiger charge is -2.24. The fraction of sp³-hybridized carbons (Fsp3) is 0.0175. The van der Waals surface area contributed by atoms with Crippen molar-refractivity contribution in [2.75, 3.05) is 0 Å². The molecule has 0 fully saturated rings. The molecule has 0 spiro atoms. The van der Waals surface area contributed by atoms with Gasteiger partial charge in [0.25, 0.3) is 0 Å². The first-order chi connectivity index (χ1) is 30.7. The summed E-state index contributed by atoms with van der Waals surface area (Å²) in [4.78, 5) is 10.1. The molecule has 1 atom stereocenters. The highest BCUT2D eigenvalue weighted by molar-refractivity contribution is 6.14. The lowest BCUT2D eigenvalue weighted by molar-refractivity contribution is 0.674. The van der Waals surface area contributed by atoms with Gasteiger partial charge in [-0.15, -0.1) is 0 Å². The molecule has 12 rings (SSSR count). The molecule has 0 radical (unpaired) electrons. The number of fused-ring (bicyclic) bond motifs is 6. The number of aliphatic imine (C=N–C) groups is 2. The van der Waals surface area contributed by atoms with E-state index in [9.17, 15) is 0 Å². The van der Waals surface area contributed by atoms with Gasteiger partial charge in [-0.25, -0.2) is 9.98 Å². The Balaban J connectivity index is 0.918. The van der Waals surface area contributed by atoms with E-state index in [2.05, 4.69) is 203 Å². The van der Waals surface area contributed by atoms with Crippen LogP contribution in [0.2, 0.25) is 0 Å². The number of benzene rings is 9. The van der Waals surface area contributed by atoms with Gasteiger partial charge in [0.05, 0.1) is 22.1 Å². The van der Waals surface area contributed by atoms with Gasteiger partial charge in [-0.1, -0.05) is 164 Å². The van der Waals surface area contributed by atoms with Crippen molar-refractivity contribution in [1.29, 1.82) is 0 Å². The number of hydrogen-bond acceptors (Lipinski definition) is 3. The first-order valence-corrected chi connectivity index (χ1v) is 21.1. The average molecular weight is 794 g/mol. The molecule has 5 nitrogen and oxygen atoms in total. The number of para-hydroxylation sites is 3. The molecular formula is C57H39N5. The molecule has 1 aliphatic heterocycles. The predicted molar refractivity (Wildman–Crippen MR) is 258 cm³/mol. The summed E-state index contributed by atoms with van der Waals surface area (Å²) in [6.07, 6.45) is -0.299. The second-order valence-corrected chi connectivity index (χ2v) is 15.9. The van der Waals surface area contributed by atoms with Crippen molar-refractivity contribution in [3.63, 3.8) is 0 Å². The van der Waals surface area contributed by atoms with Crippen LogP contribution in [0.3, 0.4) is 0 Å². The maximum atomic E-state index is 5.12. The molecule has 0 saturated heterocycles. The molecule has 292 valence electrons. The second kappa shape index (κ2) is 14.8. The average Bonchev–Trinajstić information content (AvgIpc) is 3.87. The quantitative estimate of drug-likeness (QED) is 0.172. The number of rotatable bonds is 7. The van der Waals surface area contributed by atoms with Crippen molar-refractivity contribution >= 4 is 55.3 Å². The van der Waals surface area contributed by atoms with E-state index in [1.54, 1.807) is 0 Å². The summed E-state index contributed by atoms with van der Waals surface area (Å²) in [6, 6.07) is 80.1. The van der Waals surface area contributed by atoms with Gasteiger partial charge in [0, 0.05) is 44.0 Å². The van der Waals surface area contributed by atoms with Crippen LogP contribution in [0.25, 0.3) is 77.2 Å². The lowest BCUT2D eigenvalue weighted by atomic mass is 9.97. The third-order valence-corrected chi connectivity index (χ3v) is 12.2. The van der Waals surface area contributed by atoms with E-state index in [-0.39, 0.29) is 6.17 Å². The maximum absolute atomic E-state index is 5.12. The Morgan fingerprint density at radius 2 is 0.839 bits per heavy atom. The molecule has 3 heterocycles. The third kappa shape index (κ3) is 6.10. The van der Waals surface area contributed by atoms with Crippen molar-refractivity contribution < 1.29 is 0 Å². The largest absolute Gasteiger partial charge is 0.344 e. The Labute approximate surface area is 359 Å². The molecule has 2 aromatic heterocycles. The number of nitrogens with one attached hydrogen (secondary N) is 1. The van der Waals surface area contributed by atoms with Crippen LogP contribution in [0, 0.1) is 0 Å². The summed E-state index contributed by atoms with van der Waals surface area (Å²) < 4.78 is 4.76. The number of nitrogens with zero attached hydrogens (tertiary/aromatic N) is 4. The van der Waals surface area contributed by atoms with Gasteiger partial charge in [-0.3, -0.25) is 0 Å². The molecular weight excluding hydrogens is 755 g/mol. The number of hydrogen-bond donors (Lipinski definition) is 1. The van der Waals surface area contributed by atoms with E-state index < -0.39 is 0 Å². The Morgan fingerprint density at radius 3 is 1.55 bits per heavy atom. The minimum atomic E-state index is -0.299. The van der Waals surface area contributed by atoms with Crippen molar-refractivity contribution in [2.45, 2.75) is 6.17 Å². The van der Waals surface area contributed by atoms with Crippen LogP contribution in [-0.2, 0) is 0 Å². The maximum Gasteiger partial charge on any atom is 0.159 e. The number of aromatic nitrogens is 2. The molecule has 0 amide bonds. The molecule has 62 heavy (non-hydrogen) atoms. The van der Waals surface area contributed by atoms with Gasteiger partial charge in [0.1, 0.15) is 12.0 Å². The normalized spacial score (nSPS) is 14.0. The Morgan fingerprint density at radius 1 is 0.339 bits per heavy atom. The van der Waals surface area contributed by atoms with Crippen molar-refractivity contribution in [3.8, 4) is 33.6 Å². The standard InChI is InChI=1S/C57H39N5/c1-4-15-38(16-5-1)55-58-56(39-17-6-2-7-18-39)60-57(59-55)40-27-31-46(32-28-40)62-51-25-12-10-23-47(51)49-33-29-44(37-54(49)62)42-20-14-19-41(35-42)43-30-34-53-50(36-43)48-24-11-13-26-52(48)61(53)45-21-8-3-9-22-45/h1-37,57H,(H,58,59,60). The van der Waals surface area contributed by atoms with Crippen LogP contribution in [0.4, 0.5) is 0 Å². The van der Waals surface area contributed by atoms with Gasteiger partial charge in [-0.05, 0) is 88.5 Å². The first kappa shape index (κ1) is 35.6. The van der Waals surface area contributed by atoms with E-state index >= 15 is 0 Å². The van der Waals surface area contributed by atoms with Gasteiger partial charge in [-0.2, -0.15) is 0 Å². The molecule has 1 aliphatic rings. The molecule has 0 saturated carbocycles. The molecule has 9 aromatic carbocycles. The van der Waals surface area contributed by atoms with Crippen molar-refractivity contribution in [3.05, 3.63) is 241 Å². The molecule has 5 heteroatoms. The zero-order valence-electron chi connectivity index (χ0n) is 33.7. The molecule has 11 aromatic rings. The predicted octanol–water partition coefficient (Wildman–Crippen LogP) is 13.7. The second-order valence-electron chi connectivity index (χ2n) is 15.9. The van der Waals surface area contributed by atoms with E-state index in [0.717, 1.165) is 39.4 Å². The molecule has 0 bridgehead atoms. The van der Waals surface area contributed by atoms with E-state index in [4.69, 9.17) is 9.98 Å². The zero-order chi connectivity index (χ0) is 41.0. The fourth-order valence-corrected chi connectivity index (χ4v) is 9.20. The summed E-state index contributed by atoms with van der Waals surface area (Å²) in [5, 5.41) is 8.57. The van der Waals surface area contributed by atoms with E-state index in [1.807, 2.05) is 36.4 Å². The fourth-order valence-electron chi connectivity index (χ4n) is 9.20. The highest BCUT2D eigenvalue weighted by Gasteiger charge is 2.22. The summed E-state index contributed by atoms with van der Waals surface area (Å²) in [5.41, 5.74) is 14.8. The van der Waals surface area contributed by atoms with Crippen LogP contribution in [0.15, 0.2) is 234 Å². The van der Waals surface area contributed by atoms with Crippen molar-refractivity contribution in [2.24, 2.45) is 9.98 Å². The minimum absolute atomic E-state index is 0.299. The molecule has 0 aliphatic carbocycles. The van der Waals surface area contributed by atoms with Crippen LogP contribution in [0.1, 0.15) is 22.9 Å². The lowest BCUT2D eigenvalue weighted by Crippen LogP contribution is -2.33. The summed E-state index contributed by atoms with van der Waals surface area (Å²) in [7, 11) is 0. The first-order valence-electron chi connectivity index (χ1n) is 21.1. The third-order valence-electron chi connectivity index (χ3n) is 12.2. The summed E-state index contributed by atoms with van der Waals surface area (Å²) in [6.45, 7) is 0. The summed E-state index contributed by atoms with van der Waals surface area (Å²) in [5.74, 6) is 1.52. The van der Waals surface area contributed by atoms with Crippen molar-refractivity contribution in [1.82, 2.24) is 14.5 Å². The van der Waals surface area contributed by atoms with Gasteiger partial charge in [0.15, 0.2) is 5.84 Å². The van der Waals surface area contributed by atoms with Crippen LogP contribution >= 0.6 is 0 Å². The topological polar surface area (TPSA) is 46.6 Å². The smallest absolute Gasteiger partial charge is 0.159 e. The summed E-state index contributed by atoms with van der Waals surface area (Å²) >= 11 is 0. The zero-order valence-corrected chi connectivity index (χ0v) is 33.7. The van der Waals surface area contributed by atoms with E-state index in [0.29, 0.717) is 5.84 Å². The van der Waals surface area contributed by atoms with Gasteiger partial charge < -0.3 is 14.5 Å². The van der Waals surface area contributed by atoms with Gasteiger partial charge >= 0.3 is 0 Å². The number of amidine groups is 2. The monoisotopic (exact) mass is 793 g/mol. The van der Waals surface area contributed by atoms with Crippen LogP contribution < -0.4 is 5.32 Å². The highest BCUT2D eigenvalue weighted by Crippen LogP contribution is 2.38. The SMILES string of the molecule is c1ccc(C2=NC(c3ccc(-n4c5ccccc5c5ccc(-c6cccc(-c7ccc8c(c7)c7ccccc7n8-c7ccccc7)c6)cc54)cc3)NC(c3ccccc3)=N2)cc1. The Bertz CT molecular complexity index is 3520. The Kier molecular flexibility index (Phi) is 8.49. The molecule has 1 unspecified atom stereocenters. The van der Waals surface area contributed by atoms with E-state index in [1.165, 1.54) is 60.3 Å². The minimum Gasteiger partial charge on any atom is -0.344 e. The van der Waals surface area contributed by atoms with Crippen LogP contribution in [-0.4, -0.2) is 20.8 Å². The van der Waals surface area contributed by atoms with Gasteiger partial charge in [0.2, 0.25) is 0 Å². The highest BCUT2D eigenvalue weighted by atomic mass is 15.2. The molecule has 1 N–H and O–H groups in total. The van der Waals surface area contributed by atoms with Crippen LogP contribution in [0.5, 0.6) is 0 Å². The Hall–Kier alpha value is -8.28.